The van der Waals surface area contributed by atoms with Crippen molar-refractivity contribution in [1.82, 2.24) is 14.9 Å². The number of aliphatic hydroxyl groups excluding tert-OH is 1. The molecule has 0 atom stereocenters. The van der Waals surface area contributed by atoms with Crippen LogP contribution >= 0.6 is 15.9 Å². The topological polar surface area (TPSA) is 72.5 Å². The molecule has 1 aromatic heterocycles. The molecule has 2 N–H and O–H groups in total. The van der Waals surface area contributed by atoms with Crippen molar-refractivity contribution in [3.63, 3.8) is 0 Å². The van der Waals surface area contributed by atoms with Crippen molar-refractivity contribution in [2.24, 2.45) is 0 Å². The van der Waals surface area contributed by atoms with E-state index in [0.29, 0.717) is 24.5 Å². The lowest BCUT2D eigenvalue weighted by molar-refractivity contribution is 0.188. The zero-order valence-corrected chi connectivity index (χ0v) is 15.9. The highest BCUT2D eigenvalue weighted by atomic mass is 79.9. The summed E-state index contributed by atoms with van der Waals surface area (Å²) in [5, 5.41) is 9.02. The van der Waals surface area contributed by atoms with E-state index in [1.54, 1.807) is 0 Å². The van der Waals surface area contributed by atoms with Crippen LogP contribution in [0.25, 0.3) is 0 Å². The average Bonchev–Trinajstić information content (AvgIpc) is 2.60. The van der Waals surface area contributed by atoms with E-state index in [4.69, 9.17) is 5.11 Å². The molecule has 0 bridgehead atoms. The SMILES string of the molecule is Cc1nc(N2CCN(CCO)CC2)[nH]c(=O)c1Cc1ccc(Br)cc1. The number of aliphatic hydroxyl groups is 1. The van der Waals surface area contributed by atoms with Crippen LogP contribution in [0.4, 0.5) is 5.95 Å². The predicted octanol–water partition coefficient (Wildman–Crippen LogP) is 1.55. The van der Waals surface area contributed by atoms with Gasteiger partial charge in [0.05, 0.1) is 12.3 Å². The second kappa shape index (κ2) is 8.12. The Morgan fingerprint density at radius 3 is 2.48 bits per heavy atom. The summed E-state index contributed by atoms with van der Waals surface area (Å²) in [5.41, 5.74) is 2.51. The van der Waals surface area contributed by atoms with E-state index in [-0.39, 0.29) is 12.2 Å². The largest absolute Gasteiger partial charge is 0.395 e. The molecule has 0 spiro atoms. The van der Waals surface area contributed by atoms with Crippen LogP contribution in [0.15, 0.2) is 33.5 Å². The summed E-state index contributed by atoms with van der Waals surface area (Å²) >= 11 is 3.42. The zero-order valence-electron chi connectivity index (χ0n) is 14.3. The van der Waals surface area contributed by atoms with E-state index in [9.17, 15) is 4.79 Å². The maximum atomic E-state index is 12.6. The Hall–Kier alpha value is -1.70. The van der Waals surface area contributed by atoms with Gasteiger partial charge in [0.15, 0.2) is 0 Å². The fraction of sp³-hybridized carbons (Fsp3) is 0.444. The number of H-pyrrole nitrogens is 1. The van der Waals surface area contributed by atoms with Gasteiger partial charge in [-0.25, -0.2) is 4.98 Å². The third kappa shape index (κ3) is 4.48. The number of nitrogens with zero attached hydrogens (tertiary/aromatic N) is 3. The molecular formula is C18H23BrN4O2. The fourth-order valence-corrected chi connectivity index (χ4v) is 3.35. The van der Waals surface area contributed by atoms with Gasteiger partial charge in [-0.3, -0.25) is 14.7 Å². The Morgan fingerprint density at radius 2 is 1.88 bits per heavy atom. The summed E-state index contributed by atoms with van der Waals surface area (Å²) in [6.07, 6.45) is 0.575. The van der Waals surface area contributed by atoms with Gasteiger partial charge in [-0.2, -0.15) is 0 Å². The average molecular weight is 407 g/mol. The molecule has 25 heavy (non-hydrogen) atoms. The van der Waals surface area contributed by atoms with Gasteiger partial charge in [-0.15, -0.1) is 0 Å². The molecule has 0 unspecified atom stereocenters. The lowest BCUT2D eigenvalue weighted by atomic mass is 10.1. The van der Waals surface area contributed by atoms with Crippen LogP contribution < -0.4 is 10.5 Å². The molecule has 6 nitrogen and oxygen atoms in total. The summed E-state index contributed by atoms with van der Waals surface area (Å²) in [7, 11) is 0. The first-order valence-corrected chi connectivity index (χ1v) is 9.28. The molecule has 1 aliphatic heterocycles. The van der Waals surface area contributed by atoms with Crippen LogP contribution in [-0.2, 0) is 6.42 Å². The quantitative estimate of drug-likeness (QED) is 0.787. The predicted molar refractivity (Wildman–Crippen MR) is 102 cm³/mol. The number of hydrogen-bond acceptors (Lipinski definition) is 5. The minimum Gasteiger partial charge on any atom is -0.395 e. The molecular weight excluding hydrogens is 384 g/mol. The zero-order chi connectivity index (χ0) is 17.8. The maximum Gasteiger partial charge on any atom is 0.256 e. The Labute approximate surface area is 155 Å². The molecule has 1 aliphatic rings. The molecule has 2 aromatic rings. The van der Waals surface area contributed by atoms with Gasteiger partial charge in [-0.1, -0.05) is 28.1 Å². The van der Waals surface area contributed by atoms with Crippen molar-refractivity contribution in [2.75, 3.05) is 44.2 Å². The number of aromatic amines is 1. The van der Waals surface area contributed by atoms with Crippen LogP contribution in [0.5, 0.6) is 0 Å². The van der Waals surface area contributed by atoms with E-state index < -0.39 is 0 Å². The standard InChI is InChI=1S/C18H23BrN4O2/c1-13-16(12-14-2-4-15(19)5-3-14)17(25)21-18(20-13)23-8-6-22(7-9-23)10-11-24/h2-5,24H,6-12H2,1H3,(H,20,21,25). The molecule has 2 heterocycles. The van der Waals surface area contributed by atoms with Gasteiger partial charge in [0.2, 0.25) is 5.95 Å². The molecule has 0 saturated carbocycles. The van der Waals surface area contributed by atoms with E-state index in [2.05, 4.69) is 35.7 Å². The molecule has 0 aliphatic carbocycles. The lowest BCUT2D eigenvalue weighted by Crippen LogP contribution is -2.48. The van der Waals surface area contributed by atoms with Crippen molar-refractivity contribution in [3.05, 3.63) is 55.9 Å². The second-order valence-corrected chi connectivity index (χ2v) is 7.22. The molecule has 134 valence electrons. The monoisotopic (exact) mass is 406 g/mol. The van der Waals surface area contributed by atoms with Gasteiger partial charge < -0.3 is 10.0 Å². The Bertz CT molecular complexity index is 768. The van der Waals surface area contributed by atoms with E-state index in [1.165, 1.54) is 0 Å². The van der Waals surface area contributed by atoms with Gasteiger partial charge in [0.1, 0.15) is 0 Å². The van der Waals surface area contributed by atoms with Crippen LogP contribution in [0, 0.1) is 6.92 Å². The maximum absolute atomic E-state index is 12.6. The minimum atomic E-state index is -0.0665. The Kier molecular flexibility index (Phi) is 5.88. The van der Waals surface area contributed by atoms with E-state index >= 15 is 0 Å². The van der Waals surface area contributed by atoms with Crippen molar-refractivity contribution in [3.8, 4) is 0 Å². The summed E-state index contributed by atoms with van der Waals surface area (Å²) in [4.78, 5) is 24.5. The van der Waals surface area contributed by atoms with Crippen LogP contribution in [-0.4, -0.2) is 59.3 Å². The molecule has 3 rings (SSSR count). The molecule has 1 aromatic carbocycles. The summed E-state index contributed by atoms with van der Waals surface area (Å²) in [6, 6.07) is 7.98. The summed E-state index contributed by atoms with van der Waals surface area (Å²) in [5.74, 6) is 0.644. The molecule has 1 fully saturated rings. The van der Waals surface area contributed by atoms with Gasteiger partial charge in [0.25, 0.3) is 5.56 Å². The third-order valence-electron chi connectivity index (χ3n) is 4.59. The number of nitrogens with one attached hydrogen (secondary N) is 1. The van der Waals surface area contributed by atoms with Crippen molar-refractivity contribution in [2.45, 2.75) is 13.3 Å². The minimum absolute atomic E-state index is 0.0665. The normalized spacial score (nSPS) is 15.6. The number of aryl methyl sites for hydroxylation is 1. The number of hydrogen-bond donors (Lipinski definition) is 2. The van der Waals surface area contributed by atoms with Gasteiger partial charge in [-0.05, 0) is 24.6 Å². The third-order valence-corrected chi connectivity index (χ3v) is 5.12. The van der Waals surface area contributed by atoms with Crippen LogP contribution in [0.3, 0.4) is 0 Å². The molecule has 7 heteroatoms. The van der Waals surface area contributed by atoms with Crippen molar-refractivity contribution < 1.29 is 5.11 Å². The Balaban J connectivity index is 1.74. The number of piperazine rings is 1. The first-order chi connectivity index (χ1) is 12.1. The lowest BCUT2D eigenvalue weighted by Gasteiger charge is -2.34. The second-order valence-electron chi connectivity index (χ2n) is 6.31. The number of benzene rings is 1. The van der Waals surface area contributed by atoms with Gasteiger partial charge >= 0.3 is 0 Å². The highest BCUT2D eigenvalue weighted by Gasteiger charge is 2.19. The van der Waals surface area contributed by atoms with Crippen LogP contribution in [0.2, 0.25) is 0 Å². The first-order valence-electron chi connectivity index (χ1n) is 8.49. The van der Waals surface area contributed by atoms with Crippen molar-refractivity contribution >= 4 is 21.9 Å². The summed E-state index contributed by atoms with van der Waals surface area (Å²) in [6.45, 7) is 6.10. The highest BCUT2D eigenvalue weighted by molar-refractivity contribution is 9.10. The number of β-amino-alcohol motifs (C(OH)–C–C–N with tert-alkyl or cyclic N) is 1. The number of rotatable bonds is 5. The smallest absolute Gasteiger partial charge is 0.256 e. The van der Waals surface area contributed by atoms with Crippen LogP contribution in [0.1, 0.15) is 16.8 Å². The number of halogens is 1. The van der Waals surface area contributed by atoms with E-state index in [0.717, 1.165) is 41.9 Å². The first kappa shape index (κ1) is 18.1. The highest BCUT2D eigenvalue weighted by Crippen LogP contribution is 2.16. The molecule has 0 amide bonds. The molecule has 1 saturated heterocycles. The summed E-state index contributed by atoms with van der Waals surface area (Å²) < 4.78 is 1.02. The fourth-order valence-electron chi connectivity index (χ4n) is 3.08. The van der Waals surface area contributed by atoms with Crippen molar-refractivity contribution in [1.29, 1.82) is 0 Å². The number of aromatic nitrogens is 2. The number of anilines is 1. The van der Waals surface area contributed by atoms with Gasteiger partial charge in [0, 0.05) is 49.2 Å². The Morgan fingerprint density at radius 1 is 1.20 bits per heavy atom. The molecule has 0 radical (unpaired) electrons. The van der Waals surface area contributed by atoms with E-state index in [1.807, 2.05) is 31.2 Å².